The number of fused-ring (bicyclic) bond motifs is 2. The molecule has 0 spiro atoms. The van der Waals surface area contributed by atoms with Gasteiger partial charge in [-0.05, 0) is 73.9 Å². The third-order valence-electron chi connectivity index (χ3n) is 5.44. The number of anilines is 1. The number of aryl methyl sites for hydroxylation is 2. The second kappa shape index (κ2) is 7.47. The molecular formula is C25H22N2O4. The van der Waals surface area contributed by atoms with E-state index >= 15 is 0 Å². The highest BCUT2D eigenvalue weighted by Gasteiger charge is 2.18. The molecule has 3 aromatic carbocycles. The summed E-state index contributed by atoms with van der Waals surface area (Å²) < 4.78 is 17.2. The highest BCUT2D eigenvalue weighted by Crippen LogP contribution is 2.33. The fraction of sp³-hybridized carbons (Fsp3) is 0.200. The first-order valence-corrected chi connectivity index (χ1v) is 10.2. The van der Waals surface area contributed by atoms with E-state index < -0.39 is 0 Å². The highest BCUT2D eigenvalue weighted by molar-refractivity contribution is 6.05. The molecule has 1 aliphatic rings. The third kappa shape index (κ3) is 3.50. The smallest absolute Gasteiger partial charge is 0.255 e. The van der Waals surface area contributed by atoms with Crippen LogP contribution in [0.25, 0.3) is 22.6 Å². The Morgan fingerprint density at radius 3 is 2.61 bits per heavy atom. The SMILES string of the molecule is Cc1cc(C)c2oc(-c3cccc(NC(=O)c4ccc5c(c4)OCCO5)c3C)nc2c1. The van der Waals surface area contributed by atoms with Crippen LogP contribution in [-0.4, -0.2) is 24.1 Å². The molecular weight excluding hydrogens is 392 g/mol. The van der Waals surface area contributed by atoms with Crippen molar-refractivity contribution in [1.82, 2.24) is 4.98 Å². The molecule has 31 heavy (non-hydrogen) atoms. The van der Waals surface area contributed by atoms with Crippen molar-refractivity contribution >= 4 is 22.7 Å². The Labute approximate surface area is 179 Å². The van der Waals surface area contributed by atoms with Gasteiger partial charge >= 0.3 is 0 Å². The van der Waals surface area contributed by atoms with Crippen molar-refractivity contribution < 1.29 is 18.7 Å². The quantitative estimate of drug-likeness (QED) is 0.483. The zero-order chi connectivity index (χ0) is 21.5. The van der Waals surface area contributed by atoms with Gasteiger partial charge in [0.2, 0.25) is 5.89 Å². The molecule has 156 valence electrons. The molecule has 5 rings (SSSR count). The summed E-state index contributed by atoms with van der Waals surface area (Å²) >= 11 is 0. The first-order valence-electron chi connectivity index (χ1n) is 10.2. The molecule has 0 fully saturated rings. The summed E-state index contributed by atoms with van der Waals surface area (Å²) in [5.74, 6) is 1.56. The summed E-state index contributed by atoms with van der Waals surface area (Å²) in [4.78, 5) is 17.6. The van der Waals surface area contributed by atoms with Crippen LogP contribution in [-0.2, 0) is 0 Å². The molecule has 1 N–H and O–H groups in total. The minimum Gasteiger partial charge on any atom is -0.486 e. The molecule has 6 nitrogen and oxygen atoms in total. The predicted octanol–water partition coefficient (Wildman–Crippen LogP) is 5.44. The fourth-order valence-corrected chi connectivity index (χ4v) is 3.87. The van der Waals surface area contributed by atoms with E-state index in [0.717, 1.165) is 33.4 Å². The van der Waals surface area contributed by atoms with Crippen LogP contribution in [0, 0.1) is 20.8 Å². The number of nitrogens with zero attached hydrogens (tertiary/aromatic N) is 1. The lowest BCUT2D eigenvalue weighted by Gasteiger charge is -2.19. The molecule has 1 aromatic heterocycles. The summed E-state index contributed by atoms with van der Waals surface area (Å²) in [5, 5.41) is 2.99. The van der Waals surface area contributed by atoms with E-state index in [1.54, 1.807) is 18.2 Å². The monoisotopic (exact) mass is 414 g/mol. The Kier molecular flexibility index (Phi) is 4.62. The largest absolute Gasteiger partial charge is 0.486 e. The van der Waals surface area contributed by atoms with Gasteiger partial charge in [0.1, 0.15) is 18.7 Å². The number of carbonyl (C=O) groups is 1. The maximum Gasteiger partial charge on any atom is 0.255 e. The van der Waals surface area contributed by atoms with Gasteiger partial charge in [0, 0.05) is 16.8 Å². The normalized spacial score (nSPS) is 12.7. The van der Waals surface area contributed by atoms with Gasteiger partial charge in [0.15, 0.2) is 17.1 Å². The summed E-state index contributed by atoms with van der Waals surface area (Å²) in [6, 6.07) is 15.0. The standard InChI is InChI=1S/C25H22N2O4/c1-14-11-15(2)23-20(12-14)27-25(31-23)18-5-4-6-19(16(18)3)26-24(28)17-7-8-21-22(13-17)30-10-9-29-21/h4-8,11-13H,9-10H2,1-3H3,(H,26,28). The van der Waals surface area contributed by atoms with Gasteiger partial charge in [-0.25, -0.2) is 4.98 Å². The van der Waals surface area contributed by atoms with E-state index in [4.69, 9.17) is 13.9 Å². The highest BCUT2D eigenvalue weighted by atomic mass is 16.6. The summed E-state index contributed by atoms with van der Waals surface area (Å²) in [6.45, 7) is 6.99. The van der Waals surface area contributed by atoms with Gasteiger partial charge in [-0.2, -0.15) is 0 Å². The van der Waals surface area contributed by atoms with E-state index in [0.29, 0.717) is 41.9 Å². The van der Waals surface area contributed by atoms with Gasteiger partial charge in [0.25, 0.3) is 5.91 Å². The molecule has 1 aliphatic heterocycles. The van der Waals surface area contributed by atoms with Crippen LogP contribution >= 0.6 is 0 Å². The minimum atomic E-state index is -0.221. The van der Waals surface area contributed by atoms with Crippen LogP contribution in [0.2, 0.25) is 0 Å². The Hall–Kier alpha value is -3.80. The molecule has 4 aromatic rings. The second-order valence-electron chi connectivity index (χ2n) is 7.74. The Bertz CT molecular complexity index is 1320. The van der Waals surface area contributed by atoms with Crippen molar-refractivity contribution in [3.05, 3.63) is 70.8 Å². The zero-order valence-electron chi connectivity index (χ0n) is 17.6. The zero-order valence-corrected chi connectivity index (χ0v) is 17.6. The lowest BCUT2D eigenvalue weighted by Crippen LogP contribution is -2.17. The van der Waals surface area contributed by atoms with Crippen LogP contribution in [0.15, 0.2) is 52.9 Å². The van der Waals surface area contributed by atoms with Gasteiger partial charge in [-0.1, -0.05) is 12.1 Å². The maximum absolute atomic E-state index is 12.9. The number of hydrogen-bond acceptors (Lipinski definition) is 5. The number of amides is 1. The second-order valence-corrected chi connectivity index (χ2v) is 7.74. The number of aromatic nitrogens is 1. The van der Waals surface area contributed by atoms with Crippen LogP contribution in [0.4, 0.5) is 5.69 Å². The number of oxazole rings is 1. The topological polar surface area (TPSA) is 73.6 Å². The number of carbonyl (C=O) groups excluding carboxylic acids is 1. The number of ether oxygens (including phenoxy) is 2. The first kappa shape index (κ1) is 19.2. The third-order valence-corrected chi connectivity index (χ3v) is 5.44. The predicted molar refractivity (Wildman–Crippen MR) is 119 cm³/mol. The molecule has 0 bridgehead atoms. The van der Waals surface area contributed by atoms with Crippen molar-refractivity contribution in [3.63, 3.8) is 0 Å². The molecule has 0 saturated heterocycles. The number of rotatable bonds is 3. The van der Waals surface area contributed by atoms with Crippen molar-refractivity contribution in [2.45, 2.75) is 20.8 Å². The van der Waals surface area contributed by atoms with Gasteiger partial charge in [-0.15, -0.1) is 0 Å². The van der Waals surface area contributed by atoms with Gasteiger partial charge < -0.3 is 19.2 Å². The maximum atomic E-state index is 12.9. The minimum absolute atomic E-state index is 0.221. The van der Waals surface area contributed by atoms with Crippen LogP contribution in [0.1, 0.15) is 27.0 Å². The molecule has 0 saturated carbocycles. The average molecular weight is 414 g/mol. The van der Waals surface area contributed by atoms with E-state index in [1.165, 1.54) is 0 Å². The van der Waals surface area contributed by atoms with Crippen LogP contribution in [0.3, 0.4) is 0 Å². The van der Waals surface area contributed by atoms with E-state index in [9.17, 15) is 4.79 Å². The molecule has 1 amide bonds. The van der Waals surface area contributed by atoms with Gasteiger partial charge in [-0.3, -0.25) is 4.79 Å². The average Bonchev–Trinajstić information content (AvgIpc) is 3.19. The number of nitrogens with one attached hydrogen (secondary N) is 1. The Morgan fingerprint density at radius 2 is 1.77 bits per heavy atom. The summed E-state index contributed by atoms with van der Waals surface area (Å²) in [5.41, 5.74) is 6.73. The van der Waals surface area contributed by atoms with E-state index in [-0.39, 0.29) is 5.91 Å². The van der Waals surface area contributed by atoms with Crippen molar-refractivity contribution in [2.75, 3.05) is 18.5 Å². The lowest BCUT2D eigenvalue weighted by molar-refractivity contribution is 0.102. The fourth-order valence-electron chi connectivity index (χ4n) is 3.87. The molecule has 0 unspecified atom stereocenters. The number of hydrogen-bond donors (Lipinski definition) is 1. The van der Waals surface area contributed by atoms with Gasteiger partial charge in [0.05, 0.1) is 0 Å². The Balaban J connectivity index is 1.46. The Morgan fingerprint density at radius 1 is 0.968 bits per heavy atom. The van der Waals surface area contributed by atoms with Crippen LogP contribution in [0.5, 0.6) is 11.5 Å². The van der Waals surface area contributed by atoms with Crippen molar-refractivity contribution in [3.8, 4) is 23.0 Å². The lowest BCUT2D eigenvalue weighted by atomic mass is 10.1. The first-order chi connectivity index (χ1) is 15.0. The van der Waals surface area contributed by atoms with Crippen molar-refractivity contribution in [2.24, 2.45) is 0 Å². The molecule has 0 radical (unpaired) electrons. The molecule has 0 atom stereocenters. The van der Waals surface area contributed by atoms with Crippen molar-refractivity contribution in [1.29, 1.82) is 0 Å². The summed E-state index contributed by atoms with van der Waals surface area (Å²) in [7, 11) is 0. The van der Waals surface area contributed by atoms with Crippen LogP contribution < -0.4 is 14.8 Å². The molecule has 0 aliphatic carbocycles. The van der Waals surface area contributed by atoms with E-state index in [1.807, 2.05) is 45.0 Å². The molecule has 2 heterocycles. The summed E-state index contributed by atoms with van der Waals surface area (Å²) in [6.07, 6.45) is 0. The molecule has 6 heteroatoms. The van der Waals surface area contributed by atoms with E-state index in [2.05, 4.69) is 16.4 Å². The number of benzene rings is 3.